The summed E-state index contributed by atoms with van der Waals surface area (Å²) in [6.07, 6.45) is 0. The van der Waals surface area contributed by atoms with Crippen molar-refractivity contribution in [1.82, 2.24) is 0 Å². The van der Waals surface area contributed by atoms with Crippen LogP contribution in [0.4, 0.5) is 10.1 Å². The van der Waals surface area contributed by atoms with Gasteiger partial charge in [-0.3, -0.25) is 0 Å². The van der Waals surface area contributed by atoms with Gasteiger partial charge in [-0.2, -0.15) is 0 Å². The summed E-state index contributed by atoms with van der Waals surface area (Å²) in [5, 5.41) is 0. The van der Waals surface area contributed by atoms with E-state index in [-0.39, 0.29) is 5.82 Å². The number of nitrogens with zero attached hydrogens (tertiary/aromatic N) is 1. The lowest BCUT2D eigenvalue weighted by atomic mass is 10.2. The minimum Gasteiger partial charge on any atom is -0.369 e. The molecule has 0 unspecified atom stereocenters. The van der Waals surface area contributed by atoms with Gasteiger partial charge in [0, 0.05) is 18.1 Å². The third-order valence-electron chi connectivity index (χ3n) is 2.58. The lowest BCUT2D eigenvalue weighted by Crippen LogP contribution is -2.16. The zero-order valence-electron chi connectivity index (χ0n) is 9.53. The standard InChI is InChI=1S/C14H13BrFN/c1-17(10-11-5-3-2-4-6-11)14-9-12(16)7-8-13(14)15/h2-9H,10H2,1H3. The Hall–Kier alpha value is -1.35. The molecule has 2 rings (SSSR count). The zero-order chi connectivity index (χ0) is 12.3. The molecule has 0 saturated heterocycles. The van der Waals surface area contributed by atoms with Gasteiger partial charge in [-0.25, -0.2) is 4.39 Å². The Morgan fingerprint density at radius 1 is 1.12 bits per heavy atom. The normalized spacial score (nSPS) is 10.3. The fourth-order valence-electron chi connectivity index (χ4n) is 1.72. The molecule has 1 nitrogen and oxygen atoms in total. The van der Waals surface area contributed by atoms with Crippen LogP contribution in [-0.4, -0.2) is 7.05 Å². The summed E-state index contributed by atoms with van der Waals surface area (Å²) >= 11 is 3.44. The second-order valence-corrected chi connectivity index (χ2v) is 4.79. The first kappa shape index (κ1) is 12.1. The van der Waals surface area contributed by atoms with Crippen molar-refractivity contribution in [2.45, 2.75) is 6.54 Å². The molecule has 0 N–H and O–H groups in total. The van der Waals surface area contributed by atoms with Gasteiger partial charge in [-0.05, 0) is 39.7 Å². The molecular weight excluding hydrogens is 281 g/mol. The van der Waals surface area contributed by atoms with E-state index in [9.17, 15) is 4.39 Å². The lowest BCUT2D eigenvalue weighted by molar-refractivity contribution is 0.626. The van der Waals surface area contributed by atoms with E-state index in [0.717, 1.165) is 16.7 Å². The molecule has 0 aliphatic carbocycles. The summed E-state index contributed by atoms with van der Waals surface area (Å²) in [5.41, 5.74) is 2.06. The number of hydrogen-bond donors (Lipinski definition) is 0. The van der Waals surface area contributed by atoms with Crippen molar-refractivity contribution in [3.05, 3.63) is 64.4 Å². The summed E-state index contributed by atoms with van der Waals surface area (Å²) < 4.78 is 14.1. The summed E-state index contributed by atoms with van der Waals surface area (Å²) in [6, 6.07) is 14.8. The van der Waals surface area contributed by atoms with Crippen molar-refractivity contribution < 1.29 is 4.39 Å². The third kappa shape index (κ3) is 3.07. The molecule has 2 aromatic rings. The monoisotopic (exact) mass is 293 g/mol. The van der Waals surface area contributed by atoms with Gasteiger partial charge >= 0.3 is 0 Å². The van der Waals surface area contributed by atoms with Gasteiger partial charge in [0.15, 0.2) is 0 Å². The molecule has 17 heavy (non-hydrogen) atoms. The van der Waals surface area contributed by atoms with E-state index in [0.29, 0.717) is 0 Å². The van der Waals surface area contributed by atoms with Crippen LogP contribution in [0.3, 0.4) is 0 Å². The fraction of sp³-hybridized carbons (Fsp3) is 0.143. The molecule has 0 aromatic heterocycles. The quantitative estimate of drug-likeness (QED) is 0.819. The Balaban J connectivity index is 2.20. The van der Waals surface area contributed by atoms with Gasteiger partial charge in [-0.15, -0.1) is 0 Å². The maximum atomic E-state index is 13.2. The van der Waals surface area contributed by atoms with Crippen LogP contribution in [0.15, 0.2) is 53.0 Å². The molecule has 88 valence electrons. The van der Waals surface area contributed by atoms with Crippen molar-refractivity contribution in [2.24, 2.45) is 0 Å². The molecule has 0 bridgehead atoms. The SMILES string of the molecule is CN(Cc1ccccc1)c1cc(F)ccc1Br. The smallest absolute Gasteiger partial charge is 0.125 e. The molecule has 0 amide bonds. The predicted molar refractivity (Wildman–Crippen MR) is 72.6 cm³/mol. The Morgan fingerprint density at radius 2 is 1.82 bits per heavy atom. The maximum Gasteiger partial charge on any atom is 0.125 e. The number of rotatable bonds is 3. The van der Waals surface area contributed by atoms with Crippen LogP contribution in [0.5, 0.6) is 0 Å². The molecule has 0 aliphatic rings. The van der Waals surface area contributed by atoms with Crippen LogP contribution in [0.2, 0.25) is 0 Å². The molecule has 0 fully saturated rings. The molecule has 0 heterocycles. The molecule has 0 spiro atoms. The Labute approximate surface area is 109 Å². The highest BCUT2D eigenvalue weighted by atomic mass is 79.9. The highest BCUT2D eigenvalue weighted by molar-refractivity contribution is 9.10. The Morgan fingerprint density at radius 3 is 2.53 bits per heavy atom. The first-order valence-corrected chi connectivity index (χ1v) is 6.16. The number of benzene rings is 2. The van der Waals surface area contributed by atoms with Crippen LogP contribution in [-0.2, 0) is 6.54 Å². The highest BCUT2D eigenvalue weighted by Gasteiger charge is 2.07. The molecule has 0 aliphatic heterocycles. The summed E-state index contributed by atoms with van der Waals surface area (Å²) in [6.45, 7) is 0.753. The van der Waals surface area contributed by atoms with Crippen molar-refractivity contribution >= 4 is 21.6 Å². The van der Waals surface area contributed by atoms with E-state index in [1.165, 1.54) is 17.7 Å². The Kier molecular flexibility index (Phi) is 3.79. The topological polar surface area (TPSA) is 3.24 Å². The number of halogens is 2. The summed E-state index contributed by atoms with van der Waals surface area (Å²) in [4.78, 5) is 2.02. The van der Waals surface area contributed by atoms with E-state index in [1.807, 2.05) is 30.1 Å². The second-order valence-electron chi connectivity index (χ2n) is 3.94. The van der Waals surface area contributed by atoms with Gasteiger partial charge in [-0.1, -0.05) is 30.3 Å². The van der Waals surface area contributed by atoms with E-state index >= 15 is 0 Å². The van der Waals surface area contributed by atoms with Gasteiger partial charge in [0.25, 0.3) is 0 Å². The molecule has 0 radical (unpaired) electrons. The van der Waals surface area contributed by atoms with Crippen LogP contribution in [0, 0.1) is 5.82 Å². The first-order valence-electron chi connectivity index (χ1n) is 5.37. The van der Waals surface area contributed by atoms with E-state index < -0.39 is 0 Å². The maximum absolute atomic E-state index is 13.2. The Bertz CT molecular complexity index is 499. The van der Waals surface area contributed by atoms with Gasteiger partial charge < -0.3 is 4.90 Å². The molecule has 0 atom stereocenters. The molecule has 2 aromatic carbocycles. The van der Waals surface area contributed by atoms with E-state index in [1.54, 1.807) is 6.07 Å². The lowest BCUT2D eigenvalue weighted by Gasteiger charge is -2.20. The van der Waals surface area contributed by atoms with Crippen LogP contribution < -0.4 is 4.90 Å². The van der Waals surface area contributed by atoms with Gasteiger partial charge in [0.2, 0.25) is 0 Å². The van der Waals surface area contributed by atoms with Crippen molar-refractivity contribution in [1.29, 1.82) is 0 Å². The fourth-order valence-corrected chi connectivity index (χ4v) is 2.27. The van der Waals surface area contributed by atoms with Crippen molar-refractivity contribution in [3.8, 4) is 0 Å². The molecule has 3 heteroatoms. The predicted octanol–water partition coefficient (Wildman–Crippen LogP) is 4.22. The highest BCUT2D eigenvalue weighted by Crippen LogP contribution is 2.27. The minimum atomic E-state index is -0.219. The average molecular weight is 294 g/mol. The van der Waals surface area contributed by atoms with Crippen molar-refractivity contribution in [2.75, 3.05) is 11.9 Å². The first-order chi connectivity index (χ1) is 8.16. The molecular formula is C14H13BrFN. The zero-order valence-corrected chi connectivity index (χ0v) is 11.1. The van der Waals surface area contributed by atoms with Crippen LogP contribution in [0.1, 0.15) is 5.56 Å². The van der Waals surface area contributed by atoms with Gasteiger partial charge in [0.1, 0.15) is 5.82 Å². The summed E-state index contributed by atoms with van der Waals surface area (Å²) in [5.74, 6) is -0.219. The third-order valence-corrected chi connectivity index (χ3v) is 3.25. The summed E-state index contributed by atoms with van der Waals surface area (Å²) in [7, 11) is 1.95. The van der Waals surface area contributed by atoms with E-state index in [4.69, 9.17) is 0 Å². The van der Waals surface area contributed by atoms with E-state index in [2.05, 4.69) is 28.1 Å². The minimum absolute atomic E-state index is 0.219. The van der Waals surface area contributed by atoms with Crippen LogP contribution >= 0.6 is 15.9 Å². The second kappa shape index (κ2) is 5.32. The number of anilines is 1. The number of hydrogen-bond acceptors (Lipinski definition) is 1. The van der Waals surface area contributed by atoms with Crippen LogP contribution in [0.25, 0.3) is 0 Å². The molecule has 0 saturated carbocycles. The van der Waals surface area contributed by atoms with Gasteiger partial charge in [0.05, 0.1) is 5.69 Å². The largest absolute Gasteiger partial charge is 0.369 e. The average Bonchev–Trinajstić information content (AvgIpc) is 2.33. The van der Waals surface area contributed by atoms with Crippen molar-refractivity contribution in [3.63, 3.8) is 0 Å².